The van der Waals surface area contributed by atoms with Crippen LogP contribution in [0.1, 0.15) is 60.4 Å². The number of halogens is 1. The van der Waals surface area contributed by atoms with E-state index in [1.807, 2.05) is 6.07 Å². The van der Waals surface area contributed by atoms with Crippen LogP contribution in [0.15, 0.2) is 76.5 Å². The van der Waals surface area contributed by atoms with Crippen LogP contribution in [-0.2, 0) is 16.4 Å². The van der Waals surface area contributed by atoms with Crippen LogP contribution in [0.2, 0.25) is 5.02 Å². The van der Waals surface area contributed by atoms with Gasteiger partial charge in [0.2, 0.25) is 9.84 Å². The van der Waals surface area contributed by atoms with Crippen molar-refractivity contribution in [2.75, 3.05) is 31.1 Å². The van der Waals surface area contributed by atoms with Crippen molar-refractivity contribution in [1.29, 1.82) is 0 Å². The van der Waals surface area contributed by atoms with Crippen LogP contribution in [-0.4, -0.2) is 51.3 Å². The number of amides is 2. The molecule has 4 rings (SSSR count). The van der Waals surface area contributed by atoms with Crippen molar-refractivity contribution in [2.45, 2.75) is 50.5 Å². The molecule has 1 aliphatic rings. The Bertz CT molecular complexity index is 1510. The number of carbonyl (C=O) groups is 2. The number of rotatable bonds is 11. The van der Waals surface area contributed by atoms with Gasteiger partial charge in [-0.15, -0.1) is 0 Å². The van der Waals surface area contributed by atoms with Gasteiger partial charge in [-0.1, -0.05) is 63.6 Å². The van der Waals surface area contributed by atoms with Gasteiger partial charge in [0, 0.05) is 30.2 Å². The number of hydrogen-bond acceptors (Lipinski definition) is 5. The minimum atomic E-state index is -4.02. The number of benzene rings is 3. The summed E-state index contributed by atoms with van der Waals surface area (Å²) in [6.45, 7) is 12.3. The minimum Gasteiger partial charge on any atom is -0.352 e. The molecular formula is C32H38ClN3O4S. The summed E-state index contributed by atoms with van der Waals surface area (Å²) in [5, 5.41) is 3.47. The van der Waals surface area contributed by atoms with E-state index in [0.717, 1.165) is 31.6 Å². The van der Waals surface area contributed by atoms with Crippen LogP contribution in [0.25, 0.3) is 0 Å². The molecular weight excluding hydrogens is 558 g/mol. The fourth-order valence-corrected chi connectivity index (χ4v) is 7.06. The van der Waals surface area contributed by atoms with Crippen molar-refractivity contribution >= 4 is 38.9 Å². The molecule has 0 fully saturated rings. The smallest absolute Gasteiger partial charge is 0.259 e. The van der Waals surface area contributed by atoms with Crippen molar-refractivity contribution in [3.8, 4) is 0 Å². The zero-order chi connectivity index (χ0) is 29.7. The molecule has 3 aromatic carbocycles. The molecule has 3 aromatic rings. The van der Waals surface area contributed by atoms with Gasteiger partial charge in [0.05, 0.1) is 27.6 Å². The number of hydrogen-bond donors (Lipinski definition) is 1. The predicted octanol–water partition coefficient (Wildman–Crippen LogP) is 6.07. The van der Waals surface area contributed by atoms with Crippen LogP contribution in [0.5, 0.6) is 0 Å². The number of nitrogens with zero attached hydrogens (tertiary/aromatic N) is 2. The van der Waals surface area contributed by atoms with Crippen LogP contribution < -0.4 is 10.2 Å². The van der Waals surface area contributed by atoms with Gasteiger partial charge in [-0.3, -0.25) is 9.59 Å². The Balaban J connectivity index is 1.61. The first-order valence-corrected chi connectivity index (χ1v) is 15.9. The number of sulfone groups is 1. The lowest BCUT2D eigenvalue weighted by Gasteiger charge is -2.26. The fourth-order valence-electron chi connectivity index (χ4n) is 5.22. The third-order valence-electron chi connectivity index (χ3n) is 6.87. The highest BCUT2D eigenvalue weighted by atomic mass is 35.5. The third kappa shape index (κ3) is 7.36. The topological polar surface area (TPSA) is 86.8 Å². The van der Waals surface area contributed by atoms with Crippen LogP contribution in [0.4, 0.5) is 5.69 Å². The van der Waals surface area contributed by atoms with Crippen molar-refractivity contribution in [2.24, 2.45) is 11.8 Å². The van der Waals surface area contributed by atoms with Crippen molar-refractivity contribution in [3.63, 3.8) is 0 Å². The quantitative estimate of drug-likeness (QED) is 0.272. The zero-order valence-electron chi connectivity index (χ0n) is 24.1. The monoisotopic (exact) mass is 595 g/mol. The average molecular weight is 596 g/mol. The van der Waals surface area contributed by atoms with Crippen molar-refractivity contribution < 1.29 is 18.0 Å². The van der Waals surface area contributed by atoms with E-state index in [-0.39, 0.29) is 39.1 Å². The molecule has 0 radical (unpaired) electrons. The molecule has 0 aromatic heterocycles. The first-order chi connectivity index (χ1) is 19.5. The molecule has 9 heteroatoms. The van der Waals surface area contributed by atoms with Gasteiger partial charge in [0.1, 0.15) is 0 Å². The molecule has 0 saturated heterocycles. The summed E-state index contributed by atoms with van der Waals surface area (Å²) in [4.78, 5) is 30.8. The molecule has 2 amide bonds. The standard InChI is InChI=1S/C32H38ClN3O4S/c1-22(2)19-35(20-23(3)4)16-8-15-34-31(37)25-13-14-30-28(18-25)36(21-24-9-7-10-26(33)17-24)32(38)27-11-5-6-12-29(27)41(30,39)40/h5-7,9-14,17-18,22-23H,8,15-16,19-21H2,1-4H3,(H,34,37). The van der Waals surface area contributed by atoms with E-state index >= 15 is 0 Å². The normalized spacial score (nSPS) is 14.2. The Labute approximate surface area is 248 Å². The summed E-state index contributed by atoms with van der Waals surface area (Å²) in [5.74, 6) is 0.336. The minimum absolute atomic E-state index is 0.0209. The Morgan fingerprint density at radius 2 is 1.63 bits per heavy atom. The summed E-state index contributed by atoms with van der Waals surface area (Å²) in [5.41, 5.74) is 1.27. The Morgan fingerprint density at radius 1 is 0.927 bits per heavy atom. The Morgan fingerprint density at radius 3 is 2.32 bits per heavy atom. The van der Waals surface area contributed by atoms with Crippen LogP contribution in [0.3, 0.4) is 0 Å². The first kappa shape index (κ1) is 30.8. The summed E-state index contributed by atoms with van der Waals surface area (Å²) in [6, 6.07) is 17.7. The van der Waals surface area contributed by atoms with Gasteiger partial charge in [-0.05, 0) is 72.8 Å². The molecule has 1 heterocycles. The average Bonchev–Trinajstić information content (AvgIpc) is 2.98. The van der Waals surface area contributed by atoms with E-state index in [4.69, 9.17) is 11.6 Å². The fraction of sp³-hybridized carbons (Fsp3) is 0.375. The molecule has 41 heavy (non-hydrogen) atoms. The summed E-state index contributed by atoms with van der Waals surface area (Å²) in [7, 11) is -4.02. The highest BCUT2D eigenvalue weighted by molar-refractivity contribution is 7.91. The number of anilines is 1. The molecule has 0 aliphatic carbocycles. The first-order valence-electron chi connectivity index (χ1n) is 14.0. The Hall–Kier alpha value is -3.20. The predicted molar refractivity (Wildman–Crippen MR) is 163 cm³/mol. The second-order valence-corrected chi connectivity index (χ2v) is 13.7. The van der Waals surface area contributed by atoms with E-state index in [1.54, 1.807) is 30.3 Å². The number of nitrogens with one attached hydrogen (secondary N) is 1. The molecule has 218 valence electrons. The zero-order valence-corrected chi connectivity index (χ0v) is 25.6. The third-order valence-corrected chi connectivity index (χ3v) is 8.96. The second-order valence-electron chi connectivity index (χ2n) is 11.4. The van der Waals surface area contributed by atoms with E-state index in [1.165, 1.54) is 35.2 Å². The molecule has 0 unspecified atom stereocenters. The van der Waals surface area contributed by atoms with Gasteiger partial charge in [0.25, 0.3) is 11.8 Å². The van der Waals surface area contributed by atoms with Gasteiger partial charge >= 0.3 is 0 Å². The van der Waals surface area contributed by atoms with Crippen molar-refractivity contribution in [1.82, 2.24) is 10.2 Å². The highest BCUT2D eigenvalue weighted by Gasteiger charge is 2.36. The van der Waals surface area contributed by atoms with Gasteiger partial charge in [0.15, 0.2) is 0 Å². The van der Waals surface area contributed by atoms with E-state index in [0.29, 0.717) is 23.4 Å². The SMILES string of the molecule is CC(C)CN(CCCNC(=O)c1ccc2c(c1)N(Cc1cccc(Cl)c1)C(=O)c1ccccc1S2(=O)=O)CC(C)C. The largest absolute Gasteiger partial charge is 0.352 e. The molecule has 1 N–H and O–H groups in total. The number of carbonyl (C=O) groups excluding carboxylic acids is 2. The molecule has 1 aliphatic heterocycles. The lowest BCUT2D eigenvalue weighted by Crippen LogP contribution is -2.34. The van der Waals surface area contributed by atoms with E-state index in [9.17, 15) is 18.0 Å². The molecule has 0 atom stereocenters. The summed E-state index contributed by atoms with van der Waals surface area (Å²) < 4.78 is 27.4. The van der Waals surface area contributed by atoms with E-state index in [2.05, 4.69) is 37.9 Å². The summed E-state index contributed by atoms with van der Waals surface area (Å²) >= 11 is 6.20. The highest BCUT2D eigenvalue weighted by Crippen LogP contribution is 2.38. The molecule has 0 bridgehead atoms. The van der Waals surface area contributed by atoms with E-state index < -0.39 is 15.7 Å². The maximum Gasteiger partial charge on any atom is 0.259 e. The van der Waals surface area contributed by atoms with Gasteiger partial charge < -0.3 is 15.1 Å². The Kier molecular flexibility index (Phi) is 9.89. The molecule has 0 spiro atoms. The van der Waals surface area contributed by atoms with Gasteiger partial charge in [-0.2, -0.15) is 0 Å². The molecule has 7 nitrogen and oxygen atoms in total. The van der Waals surface area contributed by atoms with Crippen molar-refractivity contribution in [3.05, 3.63) is 88.4 Å². The number of fused-ring (bicyclic) bond motifs is 2. The maximum absolute atomic E-state index is 13.8. The van der Waals surface area contributed by atoms with Crippen LogP contribution in [0, 0.1) is 11.8 Å². The van der Waals surface area contributed by atoms with Gasteiger partial charge in [-0.25, -0.2) is 8.42 Å². The van der Waals surface area contributed by atoms with Crippen LogP contribution >= 0.6 is 11.6 Å². The lowest BCUT2D eigenvalue weighted by atomic mass is 10.1. The lowest BCUT2D eigenvalue weighted by molar-refractivity contribution is 0.0947. The second kappa shape index (κ2) is 13.2. The molecule has 0 saturated carbocycles. The summed E-state index contributed by atoms with van der Waals surface area (Å²) in [6.07, 6.45) is 0.791. The maximum atomic E-state index is 13.8.